The van der Waals surface area contributed by atoms with Crippen molar-refractivity contribution in [2.75, 3.05) is 0 Å². The van der Waals surface area contributed by atoms with E-state index in [1.54, 1.807) is 23.3 Å². The van der Waals surface area contributed by atoms with E-state index in [1.165, 1.54) is 0 Å². The zero-order chi connectivity index (χ0) is 13.5. The van der Waals surface area contributed by atoms with E-state index in [4.69, 9.17) is 4.74 Å². The molecule has 4 heteroatoms. The molecule has 2 rings (SSSR count). The number of esters is 1. The molecular formula is C15H18N2O2. The molecule has 0 aliphatic heterocycles. The van der Waals surface area contributed by atoms with Gasteiger partial charge in [-0.2, -0.15) is 0 Å². The Kier molecular flexibility index (Phi) is 4.72. The van der Waals surface area contributed by atoms with Crippen LogP contribution in [0.5, 0.6) is 0 Å². The highest BCUT2D eigenvalue weighted by Gasteiger charge is 2.20. The van der Waals surface area contributed by atoms with Crippen molar-refractivity contribution in [2.45, 2.75) is 32.4 Å². The lowest BCUT2D eigenvalue weighted by Gasteiger charge is -2.16. The summed E-state index contributed by atoms with van der Waals surface area (Å²) in [5.41, 5.74) is 0.997. The number of benzene rings is 1. The van der Waals surface area contributed by atoms with Gasteiger partial charge in [0.25, 0.3) is 0 Å². The number of rotatable bonds is 6. The summed E-state index contributed by atoms with van der Waals surface area (Å²) >= 11 is 0. The van der Waals surface area contributed by atoms with Crippen LogP contribution in [0.3, 0.4) is 0 Å². The van der Waals surface area contributed by atoms with Crippen LogP contribution < -0.4 is 0 Å². The van der Waals surface area contributed by atoms with Crippen molar-refractivity contribution < 1.29 is 9.53 Å². The first-order valence-electron chi connectivity index (χ1n) is 6.49. The number of nitrogens with zero attached hydrogens (tertiary/aromatic N) is 2. The van der Waals surface area contributed by atoms with Crippen LogP contribution in [0.4, 0.5) is 0 Å². The van der Waals surface area contributed by atoms with E-state index in [2.05, 4.69) is 11.9 Å². The maximum absolute atomic E-state index is 12.1. The third-order valence-corrected chi connectivity index (χ3v) is 2.94. The van der Waals surface area contributed by atoms with Crippen molar-refractivity contribution in [1.29, 1.82) is 0 Å². The molecule has 0 fully saturated rings. The first-order valence-corrected chi connectivity index (χ1v) is 6.49. The Balaban J connectivity index is 1.97. The quantitative estimate of drug-likeness (QED) is 0.748. The van der Waals surface area contributed by atoms with Gasteiger partial charge in [0.15, 0.2) is 0 Å². The van der Waals surface area contributed by atoms with Crippen molar-refractivity contribution in [3.8, 4) is 0 Å². The summed E-state index contributed by atoms with van der Waals surface area (Å²) in [6.07, 6.45) is 6.80. The molecule has 0 bridgehead atoms. The van der Waals surface area contributed by atoms with Gasteiger partial charge in [-0.1, -0.05) is 43.7 Å². The van der Waals surface area contributed by atoms with Gasteiger partial charge in [-0.15, -0.1) is 0 Å². The summed E-state index contributed by atoms with van der Waals surface area (Å²) in [7, 11) is 0. The third kappa shape index (κ3) is 3.68. The minimum absolute atomic E-state index is 0.205. The summed E-state index contributed by atoms with van der Waals surface area (Å²) in [6, 6.07) is 9.41. The Bertz CT molecular complexity index is 494. The molecule has 1 aromatic carbocycles. The Labute approximate surface area is 113 Å². The lowest BCUT2D eigenvalue weighted by molar-refractivity contribution is -0.149. The summed E-state index contributed by atoms with van der Waals surface area (Å²) < 4.78 is 7.18. The van der Waals surface area contributed by atoms with Gasteiger partial charge < -0.3 is 9.30 Å². The van der Waals surface area contributed by atoms with Crippen LogP contribution in [0.2, 0.25) is 0 Å². The summed E-state index contributed by atoms with van der Waals surface area (Å²) in [5, 5.41) is 0. The van der Waals surface area contributed by atoms with Gasteiger partial charge in [-0.3, -0.25) is 0 Å². The van der Waals surface area contributed by atoms with Crippen LogP contribution >= 0.6 is 0 Å². The number of hydrogen-bond acceptors (Lipinski definition) is 3. The number of carbonyl (C=O) groups is 1. The van der Waals surface area contributed by atoms with Gasteiger partial charge in [0, 0.05) is 12.4 Å². The number of aromatic nitrogens is 2. The van der Waals surface area contributed by atoms with Crippen LogP contribution in [0.25, 0.3) is 0 Å². The average molecular weight is 258 g/mol. The van der Waals surface area contributed by atoms with Gasteiger partial charge in [-0.05, 0) is 12.0 Å². The Morgan fingerprint density at radius 1 is 1.37 bits per heavy atom. The molecule has 0 radical (unpaired) electrons. The summed E-state index contributed by atoms with van der Waals surface area (Å²) in [5.74, 6) is -0.205. The third-order valence-electron chi connectivity index (χ3n) is 2.94. The fraction of sp³-hybridized carbons (Fsp3) is 0.333. The van der Waals surface area contributed by atoms with Gasteiger partial charge >= 0.3 is 5.97 Å². The second-order valence-corrected chi connectivity index (χ2v) is 4.41. The molecule has 4 nitrogen and oxygen atoms in total. The molecular weight excluding hydrogens is 240 g/mol. The summed E-state index contributed by atoms with van der Waals surface area (Å²) in [6.45, 7) is 2.36. The van der Waals surface area contributed by atoms with E-state index in [1.807, 2.05) is 30.3 Å². The summed E-state index contributed by atoms with van der Waals surface area (Å²) in [4.78, 5) is 16.1. The molecule has 1 unspecified atom stereocenters. The molecule has 0 spiro atoms. The molecule has 0 saturated carbocycles. The Hall–Kier alpha value is -2.10. The van der Waals surface area contributed by atoms with Crippen LogP contribution in [0.15, 0.2) is 49.1 Å². The lowest BCUT2D eigenvalue weighted by Crippen LogP contribution is -2.21. The standard InChI is InChI=1S/C15H18N2O2/c1-2-6-14(17-10-9-16-12-17)15(18)19-11-13-7-4-3-5-8-13/h3-5,7-10,12,14H,2,6,11H2,1H3. The van der Waals surface area contributed by atoms with E-state index in [-0.39, 0.29) is 12.0 Å². The van der Waals surface area contributed by atoms with E-state index in [0.717, 1.165) is 18.4 Å². The van der Waals surface area contributed by atoms with E-state index in [0.29, 0.717) is 6.61 Å². The predicted molar refractivity (Wildman–Crippen MR) is 72.4 cm³/mol. The maximum atomic E-state index is 12.1. The van der Waals surface area contributed by atoms with Crippen molar-refractivity contribution in [1.82, 2.24) is 9.55 Å². The van der Waals surface area contributed by atoms with Gasteiger partial charge in [0.1, 0.15) is 12.6 Å². The van der Waals surface area contributed by atoms with Crippen LogP contribution in [0.1, 0.15) is 31.4 Å². The SMILES string of the molecule is CCCC(C(=O)OCc1ccccc1)n1ccnc1. The number of ether oxygens (including phenoxy) is 1. The van der Waals surface area contributed by atoms with Crippen LogP contribution in [0, 0.1) is 0 Å². The molecule has 2 aromatic rings. The highest BCUT2D eigenvalue weighted by atomic mass is 16.5. The number of imidazole rings is 1. The molecule has 1 aromatic heterocycles. The fourth-order valence-electron chi connectivity index (χ4n) is 1.94. The predicted octanol–water partition coefficient (Wildman–Crippen LogP) is 2.97. The van der Waals surface area contributed by atoms with Gasteiger partial charge in [-0.25, -0.2) is 9.78 Å². The highest BCUT2D eigenvalue weighted by Crippen LogP contribution is 2.16. The fourth-order valence-corrected chi connectivity index (χ4v) is 1.94. The smallest absolute Gasteiger partial charge is 0.329 e. The van der Waals surface area contributed by atoms with E-state index >= 15 is 0 Å². The molecule has 0 amide bonds. The van der Waals surface area contributed by atoms with Crippen LogP contribution in [-0.2, 0) is 16.1 Å². The van der Waals surface area contributed by atoms with Crippen LogP contribution in [-0.4, -0.2) is 15.5 Å². The Morgan fingerprint density at radius 2 is 2.16 bits per heavy atom. The molecule has 1 heterocycles. The largest absolute Gasteiger partial charge is 0.459 e. The monoisotopic (exact) mass is 258 g/mol. The first kappa shape index (κ1) is 13.3. The molecule has 1 atom stereocenters. The average Bonchev–Trinajstić information content (AvgIpc) is 2.97. The molecule has 0 aliphatic carbocycles. The Morgan fingerprint density at radius 3 is 2.79 bits per heavy atom. The molecule has 100 valence electrons. The molecule has 19 heavy (non-hydrogen) atoms. The minimum Gasteiger partial charge on any atom is -0.459 e. The topological polar surface area (TPSA) is 44.1 Å². The second-order valence-electron chi connectivity index (χ2n) is 4.41. The van der Waals surface area contributed by atoms with E-state index < -0.39 is 0 Å². The highest BCUT2D eigenvalue weighted by molar-refractivity contribution is 5.74. The van der Waals surface area contributed by atoms with Crippen molar-refractivity contribution in [3.63, 3.8) is 0 Å². The molecule has 0 N–H and O–H groups in total. The minimum atomic E-state index is -0.281. The normalized spacial score (nSPS) is 12.1. The number of carbonyl (C=O) groups excluding carboxylic acids is 1. The van der Waals surface area contributed by atoms with Crippen molar-refractivity contribution >= 4 is 5.97 Å². The zero-order valence-corrected chi connectivity index (χ0v) is 11.0. The maximum Gasteiger partial charge on any atom is 0.329 e. The van der Waals surface area contributed by atoms with Gasteiger partial charge in [0.2, 0.25) is 0 Å². The number of hydrogen-bond donors (Lipinski definition) is 0. The zero-order valence-electron chi connectivity index (χ0n) is 11.0. The second kappa shape index (κ2) is 6.73. The lowest BCUT2D eigenvalue weighted by atomic mass is 10.1. The van der Waals surface area contributed by atoms with Crippen molar-refractivity contribution in [2.24, 2.45) is 0 Å². The first-order chi connectivity index (χ1) is 9.31. The van der Waals surface area contributed by atoms with Crippen molar-refractivity contribution in [3.05, 3.63) is 54.6 Å². The van der Waals surface area contributed by atoms with Gasteiger partial charge in [0.05, 0.1) is 6.33 Å². The molecule has 0 aliphatic rings. The van der Waals surface area contributed by atoms with E-state index in [9.17, 15) is 4.79 Å². The molecule has 0 saturated heterocycles.